The summed E-state index contributed by atoms with van der Waals surface area (Å²) in [7, 11) is 2.15. The number of hydrogen-bond donors (Lipinski definition) is 1. The van der Waals surface area contributed by atoms with E-state index in [0.717, 1.165) is 60.7 Å². The van der Waals surface area contributed by atoms with E-state index in [1.807, 2.05) is 47.3 Å². The van der Waals surface area contributed by atoms with Crippen LogP contribution in [0.2, 0.25) is 0 Å². The molecule has 0 spiro atoms. The number of aromatic nitrogens is 3. The van der Waals surface area contributed by atoms with Gasteiger partial charge < -0.3 is 14.6 Å². The van der Waals surface area contributed by atoms with Crippen LogP contribution in [0.5, 0.6) is 5.75 Å². The van der Waals surface area contributed by atoms with Crippen molar-refractivity contribution in [1.29, 1.82) is 0 Å². The third-order valence-corrected chi connectivity index (χ3v) is 7.15. The molecule has 0 aliphatic heterocycles. The summed E-state index contributed by atoms with van der Waals surface area (Å²) in [4.78, 5) is 23.6. The van der Waals surface area contributed by atoms with E-state index < -0.39 is 0 Å². The van der Waals surface area contributed by atoms with Gasteiger partial charge in [0.1, 0.15) is 5.75 Å². The molecular formula is C33H37N5O2. The van der Waals surface area contributed by atoms with Crippen molar-refractivity contribution in [3.8, 4) is 5.75 Å². The van der Waals surface area contributed by atoms with E-state index in [4.69, 9.17) is 4.74 Å². The van der Waals surface area contributed by atoms with Gasteiger partial charge in [0.25, 0.3) is 5.91 Å². The van der Waals surface area contributed by atoms with Crippen LogP contribution in [-0.2, 0) is 19.5 Å². The van der Waals surface area contributed by atoms with Gasteiger partial charge in [0.15, 0.2) is 0 Å². The topological polar surface area (TPSA) is 75.5 Å². The van der Waals surface area contributed by atoms with E-state index in [1.165, 1.54) is 11.1 Å². The summed E-state index contributed by atoms with van der Waals surface area (Å²) < 4.78 is 7.83. The number of ether oxygens (including phenoxy) is 1. The maximum atomic E-state index is 13.2. The molecule has 2 aromatic heterocycles. The number of hydrogen-bond acceptors (Lipinski definition) is 4. The Morgan fingerprint density at radius 2 is 1.88 bits per heavy atom. The Balaban J connectivity index is 1.40. The van der Waals surface area contributed by atoms with E-state index in [1.54, 1.807) is 6.07 Å². The fraction of sp³-hybridized carbons (Fsp3) is 0.303. The van der Waals surface area contributed by atoms with Gasteiger partial charge in [0, 0.05) is 42.1 Å². The second kappa shape index (κ2) is 12.7. The molecule has 5 aromatic rings. The largest absolute Gasteiger partial charge is 0.493 e. The van der Waals surface area contributed by atoms with Gasteiger partial charge in [0.2, 0.25) is 0 Å². The molecule has 1 N–H and O–H groups in total. The summed E-state index contributed by atoms with van der Waals surface area (Å²) >= 11 is 0. The Morgan fingerprint density at radius 3 is 2.70 bits per heavy atom. The van der Waals surface area contributed by atoms with Crippen LogP contribution in [0.1, 0.15) is 48.2 Å². The lowest BCUT2D eigenvalue weighted by molar-refractivity contribution is 0.0994. The lowest BCUT2D eigenvalue weighted by atomic mass is 10.1. The molecule has 0 radical (unpaired) electrons. The molecule has 0 aliphatic carbocycles. The number of nitrogens with one attached hydrogen (secondary N) is 1. The predicted molar refractivity (Wildman–Crippen MR) is 160 cm³/mol. The Kier molecular flexibility index (Phi) is 8.71. The van der Waals surface area contributed by atoms with Gasteiger partial charge >= 0.3 is 0 Å². The number of aromatic amines is 1. The molecule has 5 rings (SSSR count). The summed E-state index contributed by atoms with van der Waals surface area (Å²) in [5, 5.41) is 7.25. The number of likely N-dealkylation sites (N-methyl/N-ethyl adjacent to an activating group) is 1. The van der Waals surface area contributed by atoms with Gasteiger partial charge in [-0.15, -0.1) is 0 Å². The number of benzene rings is 2. The van der Waals surface area contributed by atoms with Crippen LogP contribution in [0.15, 0.2) is 84.1 Å². The SMILES string of the molecule is CCCCOc1ccccc1C(=O)N=c1cccc2c(c1)[nH]c1c(CN(C)CCc3cnn(CC)c3)cccc12. The fourth-order valence-electron chi connectivity index (χ4n) is 4.92. The molecule has 0 atom stereocenters. The lowest BCUT2D eigenvalue weighted by Gasteiger charge is -2.16. The fourth-order valence-corrected chi connectivity index (χ4v) is 4.92. The lowest BCUT2D eigenvalue weighted by Crippen LogP contribution is -2.20. The monoisotopic (exact) mass is 535 g/mol. The molecule has 0 saturated heterocycles. The zero-order valence-electron chi connectivity index (χ0n) is 23.6. The van der Waals surface area contributed by atoms with Crippen LogP contribution < -0.4 is 10.1 Å². The number of fused-ring (bicyclic) bond motifs is 3. The highest BCUT2D eigenvalue weighted by Gasteiger charge is 2.12. The van der Waals surface area contributed by atoms with E-state index >= 15 is 0 Å². The van der Waals surface area contributed by atoms with Crippen LogP contribution in [-0.4, -0.2) is 45.8 Å². The summed E-state index contributed by atoms with van der Waals surface area (Å²) in [5.74, 6) is 0.267. The van der Waals surface area contributed by atoms with Gasteiger partial charge in [-0.05, 0) is 62.2 Å². The second-order valence-corrected chi connectivity index (χ2v) is 10.2. The molecule has 3 aromatic carbocycles. The first-order valence-electron chi connectivity index (χ1n) is 14.1. The Labute approximate surface area is 235 Å². The minimum atomic E-state index is -0.311. The maximum Gasteiger partial charge on any atom is 0.281 e. The second-order valence-electron chi connectivity index (χ2n) is 10.2. The predicted octanol–water partition coefficient (Wildman–Crippen LogP) is 6.13. The normalized spacial score (nSPS) is 12.1. The molecule has 0 bridgehead atoms. The minimum Gasteiger partial charge on any atom is -0.493 e. The molecular weight excluding hydrogens is 498 g/mol. The van der Waals surface area contributed by atoms with Gasteiger partial charge in [-0.3, -0.25) is 9.48 Å². The average molecular weight is 536 g/mol. The highest BCUT2D eigenvalue weighted by molar-refractivity contribution is 6.08. The maximum absolute atomic E-state index is 13.2. The number of nitrogens with zero attached hydrogens (tertiary/aromatic N) is 4. The third kappa shape index (κ3) is 6.32. The number of para-hydroxylation sites is 2. The number of H-pyrrole nitrogens is 1. The van der Waals surface area contributed by atoms with Gasteiger partial charge in [-0.1, -0.05) is 55.8 Å². The molecule has 1 amide bonds. The standard InChI is InChI=1S/C33H37N5O2/c1-4-6-19-40-31-16-8-7-13-29(31)33(39)35-26-12-10-14-27-28-15-9-11-25(32(28)36-30(27)20-26)23-37(3)18-17-24-21-34-38(5-2)22-24/h7-16,20-22,36H,4-6,17-19,23H2,1-3H3. The Hall–Kier alpha value is -4.23. The van der Waals surface area contributed by atoms with Gasteiger partial charge in [-0.25, -0.2) is 4.99 Å². The van der Waals surface area contributed by atoms with Crippen molar-refractivity contribution in [2.24, 2.45) is 4.99 Å². The molecule has 40 heavy (non-hydrogen) atoms. The van der Waals surface area contributed by atoms with Crippen molar-refractivity contribution < 1.29 is 9.53 Å². The average Bonchev–Trinajstić information content (AvgIpc) is 3.51. The number of rotatable bonds is 11. The van der Waals surface area contributed by atoms with E-state index in [-0.39, 0.29) is 5.91 Å². The molecule has 0 saturated carbocycles. The zero-order chi connectivity index (χ0) is 27.9. The quantitative estimate of drug-likeness (QED) is 0.206. The highest BCUT2D eigenvalue weighted by Crippen LogP contribution is 2.27. The van der Waals surface area contributed by atoms with Gasteiger partial charge in [-0.2, -0.15) is 5.10 Å². The molecule has 0 fully saturated rings. The minimum absolute atomic E-state index is 0.311. The van der Waals surface area contributed by atoms with Crippen molar-refractivity contribution in [1.82, 2.24) is 19.7 Å². The molecule has 0 unspecified atom stereocenters. The first-order chi connectivity index (χ1) is 19.6. The highest BCUT2D eigenvalue weighted by atomic mass is 16.5. The third-order valence-electron chi connectivity index (χ3n) is 7.15. The molecule has 206 valence electrons. The van der Waals surface area contributed by atoms with Gasteiger partial charge in [0.05, 0.1) is 29.2 Å². The van der Waals surface area contributed by atoms with Crippen molar-refractivity contribution in [3.05, 3.63) is 101 Å². The van der Waals surface area contributed by atoms with Crippen LogP contribution >= 0.6 is 0 Å². The molecule has 0 aliphatic rings. The first-order valence-corrected chi connectivity index (χ1v) is 14.1. The Morgan fingerprint density at radius 1 is 1.05 bits per heavy atom. The number of unbranched alkanes of at least 4 members (excludes halogenated alkanes) is 1. The summed E-state index contributed by atoms with van der Waals surface area (Å²) in [5.41, 5.74) is 5.02. The Bertz CT molecular complexity index is 1680. The molecule has 7 nitrogen and oxygen atoms in total. The summed E-state index contributed by atoms with van der Waals surface area (Å²) in [6, 6.07) is 21.6. The van der Waals surface area contributed by atoms with Crippen molar-refractivity contribution >= 4 is 27.7 Å². The summed E-state index contributed by atoms with van der Waals surface area (Å²) in [6.45, 7) is 7.45. The van der Waals surface area contributed by atoms with E-state index in [2.05, 4.69) is 71.3 Å². The molecule has 7 heteroatoms. The number of aryl methyl sites for hydroxylation is 1. The smallest absolute Gasteiger partial charge is 0.281 e. The van der Waals surface area contributed by atoms with Crippen LogP contribution in [0.3, 0.4) is 0 Å². The first kappa shape index (κ1) is 27.3. The van der Waals surface area contributed by atoms with E-state index in [0.29, 0.717) is 23.3 Å². The van der Waals surface area contributed by atoms with Crippen molar-refractivity contribution in [3.63, 3.8) is 0 Å². The number of carbonyl (C=O) groups excluding carboxylic acids is 1. The van der Waals surface area contributed by atoms with Crippen molar-refractivity contribution in [2.75, 3.05) is 20.2 Å². The number of amides is 1. The molecule has 2 heterocycles. The number of carbonyl (C=O) groups is 1. The van der Waals surface area contributed by atoms with Crippen molar-refractivity contribution in [2.45, 2.75) is 46.2 Å². The van der Waals surface area contributed by atoms with Crippen LogP contribution in [0.4, 0.5) is 0 Å². The van der Waals surface area contributed by atoms with Crippen LogP contribution in [0.25, 0.3) is 21.8 Å². The van der Waals surface area contributed by atoms with E-state index in [9.17, 15) is 4.79 Å². The summed E-state index contributed by atoms with van der Waals surface area (Å²) in [6.07, 6.45) is 7.01. The van der Waals surface area contributed by atoms with Crippen LogP contribution in [0, 0.1) is 0 Å². The zero-order valence-corrected chi connectivity index (χ0v) is 23.6.